The molecule has 2 heteroatoms. The highest BCUT2D eigenvalue weighted by atomic mass is 35.5. The summed E-state index contributed by atoms with van der Waals surface area (Å²) in [7, 11) is 0. The number of benzene rings is 1. The molecule has 1 aromatic carbocycles. The van der Waals surface area contributed by atoms with Crippen molar-refractivity contribution in [1.82, 2.24) is 0 Å². The van der Waals surface area contributed by atoms with Crippen LogP contribution in [0.2, 0.25) is 10.0 Å². The van der Waals surface area contributed by atoms with Crippen molar-refractivity contribution < 1.29 is 0 Å². The van der Waals surface area contributed by atoms with E-state index < -0.39 is 0 Å². The normalized spacial score (nSPS) is 11.4. The molecule has 0 aliphatic heterocycles. The summed E-state index contributed by atoms with van der Waals surface area (Å²) in [6, 6.07) is 5.42. The molecule has 0 atom stereocenters. The second-order valence-corrected chi connectivity index (χ2v) is 4.54. The summed E-state index contributed by atoms with van der Waals surface area (Å²) in [6.45, 7) is 11.8. The smallest absolute Gasteiger partial charge is 0.0499 e. The van der Waals surface area contributed by atoms with Gasteiger partial charge in [-0.1, -0.05) is 54.1 Å². The molecular weight excluding hydrogens is 239 g/mol. The van der Waals surface area contributed by atoms with E-state index in [2.05, 4.69) is 13.2 Å². The van der Waals surface area contributed by atoms with Crippen LogP contribution in [0, 0.1) is 0 Å². The molecule has 0 aliphatic carbocycles. The van der Waals surface area contributed by atoms with Crippen LogP contribution < -0.4 is 0 Å². The molecule has 0 N–H and O–H groups in total. The molecule has 0 fully saturated rings. The quantitative estimate of drug-likeness (QED) is 0.621. The second-order valence-electron chi connectivity index (χ2n) is 3.73. The Kier molecular flexibility index (Phi) is 4.40. The fourth-order valence-electron chi connectivity index (χ4n) is 1.26. The van der Waals surface area contributed by atoms with E-state index in [9.17, 15) is 0 Å². The van der Waals surface area contributed by atoms with Crippen molar-refractivity contribution in [2.75, 3.05) is 0 Å². The largest absolute Gasteiger partial charge is 0.0958 e. The van der Waals surface area contributed by atoms with Crippen LogP contribution in [0.3, 0.4) is 0 Å². The van der Waals surface area contributed by atoms with Crippen LogP contribution in [-0.4, -0.2) is 0 Å². The third-order valence-electron chi connectivity index (χ3n) is 2.35. The van der Waals surface area contributed by atoms with Crippen LogP contribution in [0.1, 0.15) is 19.4 Å². The van der Waals surface area contributed by atoms with Crippen LogP contribution in [-0.2, 0) is 0 Å². The van der Waals surface area contributed by atoms with E-state index in [4.69, 9.17) is 23.2 Å². The molecule has 0 aromatic heterocycles. The van der Waals surface area contributed by atoms with Gasteiger partial charge in [0.15, 0.2) is 0 Å². The van der Waals surface area contributed by atoms with E-state index in [1.165, 1.54) is 0 Å². The Morgan fingerprint density at radius 1 is 1.12 bits per heavy atom. The second kappa shape index (κ2) is 5.38. The lowest BCUT2D eigenvalue weighted by atomic mass is 10.0. The first kappa shape index (κ1) is 13.1. The van der Waals surface area contributed by atoms with Gasteiger partial charge in [0.05, 0.1) is 0 Å². The van der Waals surface area contributed by atoms with E-state index >= 15 is 0 Å². The minimum absolute atomic E-state index is 0.614. The molecule has 0 bridgehead atoms. The molecule has 0 saturated heterocycles. The molecule has 0 spiro atoms. The number of allylic oxidation sites excluding steroid dienone is 4. The average Bonchev–Trinajstić information content (AvgIpc) is 2.16. The van der Waals surface area contributed by atoms with Crippen molar-refractivity contribution in [2.24, 2.45) is 0 Å². The Morgan fingerprint density at radius 2 is 1.62 bits per heavy atom. The predicted molar refractivity (Wildman–Crippen MR) is 74.1 cm³/mol. The molecule has 0 saturated carbocycles. The molecule has 0 heterocycles. The van der Waals surface area contributed by atoms with E-state index in [0.29, 0.717) is 10.0 Å². The van der Waals surface area contributed by atoms with Crippen molar-refractivity contribution in [3.63, 3.8) is 0 Å². The fraction of sp³-hybridized carbons (Fsp3) is 0.143. The summed E-state index contributed by atoms with van der Waals surface area (Å²) in [5, 5.41) is 1.23. The van der Waals surface area contributed by atoms with E-state index in [1.54, 1.807) is 12.1 Å². The molecule has 0 radical (unpaired) electrons. The van der Waals surface area contributed by atoms with Crippen molar-refractivity contribution in [3.05, 3.63) is 64.2 Å². The standard InChI is InChI=1S/C14H14Cl2/c1-9(2)10(3)8-11(4)14-12(15)6-5-7-13(14)16/h5-8H,1,4H2,2-3H3/b10-8+. The SMILES string of the molecule is C=C(C)/C(C)=C/C(=C)c1c(Cl)cccc1Cl. The van der Waals surface area contributed by atoms with Crippen LogP contribution in [0.15, 0.2) is 48.6 Å². The molecule has 1 aromatic rings. The van der Waals surface area contributed by atoms with Crippen LogP contribution in [0.5, 0.6) is 0 Å². The minimum atomic E-state index is 0.614. The maximum Gasteiger partial charge on any atom is 0.0499 e. The van der Waals surface area contributed by atoms with Crippen molar-refractivity contribution in [2.45, 2.75) is 13.8 Å². The lowest BCUT2D eigenvalue weighted by molar-refractivity contribution is 1.36. The molecule has 0 amide bonds. The fourth-order valence-corrected chi connectivity index (χ4v) is 1.90. The average molecular weight is 253 g/mol. The Morgan fingerprint density at radius 3 is 2.06 bits per heavy atom. The summed E-state index contributed by atoms with van der Waals surface area (Å²) >= 11 is 12.2. The number of hydrogen-bond donors (Lipinski definition) is 0. The number of halogens is 2. The Bertz CT molecular complexity index is 447. The Hall–Kier alpha value is -0.980. The molecule has 16 heavy (non-hydrogen) atoms. The van der Waals surface area contributed by atoms with Gasteiger partial charge in [0.25, 0.3) is 0 Å². The molecular formula is C14H14Cl2. The van der Waals surface area contributed by atoms with E-state index in [-0.39, 0.29) is 0 Å². The lowest BCUT2D eigenvalue weighted by Gasteiger charge is -2.08. The van der Waals surface area contributed by atoms with Gasteiger partial charge in [0.1, 0.15) is 0 Å². The molecule has 0 unspecified atom stereocenters. The summed E-state index contributed by atoms with van der Waals surface area (Å²) in [6.07, 6.45) is 1.94. The van der Waals surface area contributed by atoms with Gasteiger partial charge in [-0.05, 0) is 37.1 Å². The van der Waals surface area contributed by atoms with Gasteiger partial charge in [-0.25, -0.2) is 0 Å². The van der Waals surface area contributed by atoms with Gasteiger partial charge in [-0.15, -0.1) is 0 Å². The first-order valence-corrected chi connectivity index (χ1v) is 5.66. The summed E-state index contributed by atoms with van der Waals surface area (Å²) in [5.41, 5.74) is 3.66. The van der Waals surface area contributed by atoms with Gasteiger partial charge in [-0.3, -0.25) is 0 Å². The highest BCUT2D eigenvalue weighted by molar-refractivity contribution is 6.37. The highest BCUT2D eigenvalue weighted by Gasteiger charge is 2.07. The summed E-state index contributed by atoms with van der Waals surface area (Å²) in [5.74, 6) is 0. The number of hydrogen-bond acceptors (Lipinski definition) is 0. The van der Waals surface area contributed by atoms with Crippen LogP contribution >= 0.6 is 23.2 Å². The predicted octanol–water partition coefficient (Wildman–Crippen LogP) is 5.53. The van der Waals surface area contributed by atoms with Gasteiger partial charge >= 0.3 is 0 Å². The summed E-state index contributed by atoms with van der Waals surface area (Å²) < 4.78 is 0. The molecule has 84 valence electrons. The van der Waals surface area contributed by atoms with Gasteiger partial charge in [-0.2, -0.15) is 0 Å². The Balaban J connectivity index is 3.16. The lowest BCUT2D eigenvalue weighted by Crippen LogP contribution is -1.86. The molecule has 0 nitrogen and oxygen atoms in total. The maximum absolute atomic E-state index is 6.09. The zero-order chi connectivity index (χ0) is 12.3. The van der Waals surface area contributed by atoms with Crippen LogP contribution in [0.25, 0.3) is 5.57 Å². The summed E-state index contributed by atoms with van der Waals surface area (Å²) in [4.78, 5) is 0. The minimum Gasteiger partial charge on any atom is -0.0958 e. The zero-order valence-corrected chi connectivity index (χ0v) is 11.0. The zero-order valence-electron chi connectivity index (χ0n) is 9.48. The third kappa shape index (κ3) is 3.01. The first-order chi connectivity index (χ1) is 7.43. The van der Waals surface area contributed by atoms with Crippen molar-refractivity contribution in [1.29, 1.82) is 0 Å². The van der Waals surface area contributed by atoms with Crippen molar-refractivity contribution in [3.8, 4) is 0 Å². The Labute approximate surface area is 107 Å². The molecule has 1 rings (SSSR count). The van der Waals surface area contributed by atoms with Crippen LogP contribution in [0.4, 0.5) is 0 Å². The van der Waals surface area contributed by atoms with E-state index in [1.807, 2.05) is 26.0 Å². The third-order valence-corrected chi connectivity index (χ3v) is 2.98. The maximum atomic E-state index is 6.09. The first-order valence-electron chi connectivity index (χ1n) is 4.91. The van der Waals surface area contributed by atoms with E-state index in [0.717, 1.165) is 22.3 Å². The number of rotatable bonds is 3. The van der Waals surface area contributed by atoms with Gasteiger partial charge in [0.2, 0.25) is 0 Å². The molecule has 0 aliphatic rings. The van der Waals surface area contributed by atoms with Gasteiger partial charge in [0, 0.05) is 15.6 Å². The highest BCUT2D eigenvalue weighted by Crippen LogP contribution is 2.31. The van der Waals surface area contributed by atoms with Gasteiger partial charge < -0.3 is 0 Å². The topological polar surface area (TPSA) is 0 Å². The monoisotopic (exact) mass is 252 g/mol. The van der Waals surface area contributed by atoms with Crippen molar-refractivity contribution >= 4 is 28.8 Å².